The second kappa shape index (κ2) is 5.53. The van der Waals surface area contributed by atoms with E-state index in [4.69, 9.17) is 4.74 Å². The molecule has 3 heteroatoms. The number of likely N-dealkylation sites (N-methyl/N-ethyl adjacent to an activating group) is 1. The summed E-state index contributed by atoms with van der Waals surface area (Å²) < 4.78 is 5.29. The molecular formula is C15H21NO2. The molecule has 1 aliphatic rings. The molecule has 1 unspecified atom stereocenters. The molecule has 0 aromatic heterocycles. The van der Waals surface area contributed by atoms with Gasteiger partial charge in [-0.15, -0.1) is 0 Å². The van der Waals surface area contributed by atoms with Gasteiger partial charge in [0.15, 0.2) is 0 Å². The molecule has 1 aromatic rings. The van der Waals surface area contributed by atoms with Crippen LogP contribution in [-0.4, -0.2) is 36.6 Å². The summed E-state index contributed by atoms with van der Waals surface area (Å²) in [6.45, 7) is 3.28. The molecule has 1 atom stereocenters. The Morgan fingerprint density at radius 3 is 2.67 bits per heavy atom. The second-order valence-electron chi connectivity index (χ2n) is 4.94. The summed E-state index contributed by atoms with van der Waals surface area (Å²) in [5.74, 6) is -0.0751. The average molecular weight is 247 g/mol. The van der Waals surface area contributed by atoms with E-state index in [1.165, 1.54) is 5.56 Å². The smallest absolute Gasteiger partial charge is 0.326 e. The molecule has 1 fully saturated rings. The second-order valence-corrected chi connectivity index (χ2v) is 4.94. The summed E-state index contributed by atoms with van der Waals surface area (Å²) in [4.78, 5) is 14.5. The molecule has 1 aromatic carbocycles. The summed E-state index contributed by atoms with van der Waals surface area (Å²) >= 11 is 0. The first kappa shape index (κ1) is 13.1. The highest BCUT2D eigenvalue weighted by Crippen LogP contribution is 2.32. The Kier molecular flexibility index (Phi) is 4.02. The van der Waals surface area contributed by atoms with Crippen molar-refractivity contribution in [2.75, 3.05) is 20.2 Å². The molecule has 1 aliphatic heterocycles. The van der Waals surface area contributed by atoms with E-state index < -0.39 is 5.54 Å². The largest absolute Gasteiger partial charge is 0.465 e. The summed E-state index contributed by atoms with van der Waals surface area (Å²) in [6.07, 6.45) is 2.68. The molecule has 0 saturated carbocycles. The standard InChI is InChI=1S/C15H21NO2/c1-3-18-14(17)15(10-7-11-16(15)2)12-13-8-5-4-6-9-13/h4-6,8-9H,3,7,10-12H2,1-2H3. The number of carbonyl (C=O) groups excluding carboxylic acids is 1. The van der Waals surface area contributed by atoms with E-state index in [1.807, 2.05) is 32.2 Å². The highest BCUT2D eigenvalue weighted by atomic mass is 16.5. The van der Waals surface area contributed by atoms with Gasteiger partial charge < -0.3 is 4.74 Å². The fraction of sp³-hybridized carbons (Fsp3) is 0.533. The van der Waals surface area contributed by atoms with E-state index in [-0.39, 0.29) is 5.97 Å². The van der Waals surface area contributed by atoms with Crippen LogP contribution in [0, 0.1) is 0 Å². The first-order valence-corrected chi connectivity index (χ1v) is 6.61. The van der Waals surface area contributed by atoms with Gasteiger partial charge in [0.25, 0.3) is 0 Å². The lowest BCUT2D eigenvalue weighted by Gasteiger charge is -2.33. The van der Waals surface area contributed by atoms with Crippen LogP contribution in [0.2, 0.25) is 0 Å². The molecule has 0 bridgehead atoms. The Balaban J connectivity index is 2.23. The summed E-state index contributed by atoms with van der Waals surface area (Å²) in [5.41, 5.74) is 0.733. The topological polar surface area (TPSA) is 29.5 Å². The van der Waals surface area contributed by atoms with Crippen molar-refractivity contribution in [3.63, 3.8) is 0 Å². The van der Waals surface area contributed by atoms with Gasteiger partial charge in [0, 0.05) is 6.42 Å². The van der Waals surface area contributed by atoms with Crippen molar-refractivity contribution in [1.29, 1.82) is 0 Å². The number of rotatable bonds is 4. The Morgan fingerprint density at radius 1 is 1.39 bits per heavy atom. The lowest BCUT2D eigenvalue weighted by Crippen LogP contribution is -2.51. The summed E-state index contributed by atoms with van der Waals surface area (Å²) in [5, 5.41) is 0. The number of likely N-dealkylation sites (tertiary alicyclic amines) is 1. The van der Waals surface area contributed by atoms with Crippen LogP contribution in [0.5, 0.6) is 0 Å². The number of nitrogens with zero attached hydrogens (tertiary/aromatic N) is 1. The molecule has 18 heavy (non-hydrogen) atoms. The van der Waals surface area contributed by atoms with Gasteiger partial charge in [-0.3, -0.25) is 9.69 Å². The van der Waals surface area contributed by atoms with Gasteiger partial charge in [0.1, 0.15) is 5.54 Å². The minimum absolute atomic E-state index is 0.0751. The predicted octanol–water partition coefficient (Wildman–Crippen LogP) is 2.26. The van der Waals surface area contributed by atoms with E-state index in [1.54, 1.807) is 0 Å². The van der Waals surface area contributed by atoms with E-state index in [9.17, 15) is 4.79 Å². The zero-order valence-electron chi connectivity index (χ0n) is 11.2. The fourth-order valence-corrected chi connectivity index (χ4v) is 2.77. The molecule has 0 radical (unpaired) electrons. The first-order chi connectivity index (χ1) is 8.69. The fourth-order valence-electron chi connectivity index (χ4n) is 2.77. The predicted molar refractivity (Wildman–Crippen MR) is 71.4 cm³/mol. The normalized spacial score (nSPS) is 24.1. The van der Waals surface area contributed by atoms with Crippen molar-refractivity contribution >= 4 is 5.97 Å². The van der Waals surface area contributed by atoms with Crippen molar-refractivity contribution < 1.29 is 9.53 Å². The van der Waals surface area contributed by atoms with Crippen LogP contribution >= 0.6 is 0 Å². The van der Waals surface area contributed by atoms with Gasteiger partial charge in [-0.1, -0.05) is 30.3 Å². The molecule has 0 spiro atoms. The third-order valence-electron chi connectivity index (χ3n) is 3.81. The number of hydrogen-bond acceptors (Lipinski definition) is 3. The molecule has 0 amide bonds. The van der Waals surface area contributed by atoms with E-state index >= 15 is 0 Å². The zero-order chi connectivity index (χ0) is 13.0. The molecule has 2 rings (SSSR count). The van der Waals surface area contributed by atoms with Crippen molar-refractivity contribution in [2.24, 2.45) is 0 Å². The maximum absolute atomic E-state index is 12.3. The highest BCUT2D eigenvalue weighted by Gasteiger charge is 2.46. The maximum Gasteiger partial charge on any atom is 0.326 e. The van der Waals surface area contributed by atoms with Crippen LogP contribution in [0.1, 0.15) is 25.3 Å². The summed E-state index contributed by atoms with van der Waals surface area (Å²) in [7, 11) is 2.02. The van der Waals surface area contributed by atoms with Gasteiger partial charge in [-0.25, -0.2) is 0 Å². The third-order valence-corrected chi connectivity index (χ3v) is 3.81. The van der Waals surface area contributed by atoms with Crippen LogP contribution in [0.4, 0.5) is 0 Å². The minimum atomic E-state index is -0.461. The van der Waals surface area contributed by atoms with E-state index in [0.29, 0.717) is 6.61 Å². The van der Waals surface area contributed by atoms with Crippen molar-refractivity contribution in [1.82, 2.24) is 4.90 Å². The van der Waals surface area contributed by atoms with E-state index in [0.717, 1.165) is 25.8 Å². The lowest BCUT2D eigenvalue weighted by atomic mass is 9.88. The number of benzene rings is 1. The minimum Gasteiger partial charge on any atom is -0.465 e. The van der Waals surface area contributed by atoms with Crippen LogP contribution in [0.25, 0.3) is 0 Å². The van der Waals surface area contributed by atoms with Crippen LogP contribution < -0.4 is 0 Å². The quantitative estimate of drug-likeness (QED) is 0.764. The van der Waals surface area contributed by atoms with Crippen molar-refractivity contribution in [3.05, 3.63) is 35.9 Å². The molecular weight excluding hydrogens is 226 g/mol. The highest BCUT2D eigenvalue weighted by molar-refractivity contribution is 5.81. The molecule has 3 nitrogen and oxygen atoms in total. The number of ether oxygens (including phenoxy) is 1. The van der Waals surface area contributed by atoms with Gasteiger partial charge in [0.2, 0.25) is 0 Å². The molecule has 1 saturated heterocycles. The van der Waals surface area contributed by atoms with Crippen LogP contribution in [0.15, 0.2) is 30.3 Å². The van der Waals surface area contributed by atoms with Gasteiger partial charge in [0.05, 0.1) is 6.61 Å². The van der Waals surface area contributed by atoms with Crippen LogP contribution in [0.3, 0.4) is 0 Å². The van der Waals surface area contributed by atoms with Crippen molar-refractivity contribution in [2.45, 2.75) is 31.7 Å². The third kappa shape index (κ3) is 2.41. The SMILES string of the molecule is CCOC(=O)C1(Cc2ccccc2)CCCN1C. The molecule has 0 aliphatic carbocycles. The lowest BCUT2D eigenvalue weighted by molar-refractivity contribution is -0.155. The Morgan fingerprint density at radius 2 is 2.11 bits per heavy atom. The van der Waals surface area contributed by atoms with Crippen molar-refractivity contribution in [3.8, 4) is 0 Å². The summed E-state index contributed by atoms with van der Waals surface area (Å²) in [6, 6.07) is 10.2. The van der Waals surface area contributed by atoms with Crippen LogP contribution in [-0.2, 0) is 16.0 Å². The zero-order valence-corrected chi connectivity index (χ0v) is 11.2. The average Bonchev–Trinajstić information content (AvgIpc) is 2.74. The number of carbonyl (C=O) groups is 1. The van der Waals surface area contributed by atoms with Gasteiger partial charge in [-0.2, -0.15) is 0 Å². The number of esters is 1. The Bertz CT molecular complexity index is 404. The number of hydrogen-bond donors (Lipinski definition) is 0. The Hall–Kier alpha value is -1.35. The molecule has 98 valence electrons. The van der Waals surface area contributed by atoms with E-state index in [2.05, 4.69) is 17.0 Å². The van der Waals surface area contributed by atoms with Gasteiger partial charge in [-0.05, 0) is 38.9 Å². The monoisotopic (exact) mass is 247 g/mol. The van der Waals surface area contributed by atoms with Gasteiger partial charge >= 0.3 is 5.97 Å². The molecule has 1 heterocycles. The Labute approximate surface area is 109 Å². The first-order valence-electron chi connectivity index (χ1n) is 6.61. The molecule has 0 N–H and O–H groups in total. The maximum atomic E-state index is 12.3.